The number of nitrogens with zero attached hydrogens (tertiary/aromatic N) is 1. The molecule has 0 radical (unpaired) electrons. The second kappa shape index (κ2) is 5.51. The molecule has 16 heavy (non-hydrogen) atoms. The first kappa shape index (κ1) is 12.5. The van der Waals surface area contributed by atoms with Gasteiger partial charge < -0.3 is 5.73 Å². The first-order valence-corrected chi connectivity index (χ1v) is 5.39. The molecule has 1 aromatic rings. The van der Waals surface area contributed by atoms with Crippen LogP contribution < -0.4 is 17.0 Å². The number of hydrazine groups is 1. The van der Waals surface area contributed by atoms with Gasteiger partial charge in [0, 0.05) is 0 Å². The van der Waals surface area contributed by atoms with Crippen LogP contribution in [-0.4, -0.2) is 11.5 Å². The number of aliphatic imine (C=N–C) groups is 1. The Bertz CT molecular complexity index is 343. The molecule has 1 aromatic carbocycles. The minimum Gasteiger partial charge on any atom is -0.369 e. The monoisotopic (exact) mass is 220 g/mol. The maximum atomic E-state index is 5.54. The van der Waals surface area contributed by atoms with Gasteiger partial charge >= 0.3 is 0 Å². The zero-order chi connectivity index (χ0) is 12.0. The SMILES string of the molecule is CC(C)(CCc1ccccc1)N=C(N)NN. The lowest BCUT2D eigenvalue weighted by atomic mass is 9.96. The van der Waals surface area contributed by atoms with Crippen molar-refractivity contribution in [3.63, 3.8) is 0 Å². The fourth-order valence-corrected chi connectivity index (χ4v) is 1.51. The van der Waals surface area contributed by atoms with Crippen molar-refractivity contribution in [3.8, 4) is 0 Å². The number of hydrogen-bond donors (Lipinski definition) is 3. The van der Waals surface area contributed by atoms with Crippen molar-refractivity contribution >= 4 is 5.96 Å². The third kappa shape index (κ3) is 4.31. The second-order valence-electron chi connectivity index (χ2n) is 4.44. The van der Waals surface area contributed by atoms with Crippen LogP contribution in [0, 0.1) is 0 Å². The number of benzene rings is 1. The third-order valence-corrected chi connectivity index (χ3v) is 2.44. The molecule has 5 N–H and O–H groups in total. The Kier molecular flexibility index (Phi) is 4.31. The van der Waals surface area contributed by atoms with Crippen molar-refractivity contribution in [1.29, 1.82) is 0 Å². The number of guanidine groups is 1. The molecule has 0 heterocycles. The van der Waals surface area contributed by atoms with Crippen LogP contribution in [-0.2, 0) is 6.42 Å². The fourth-order valence-electron chi connectivity index (χ4n) is 1.51. The van der Waals surface area contributed by atoms with Gasteiger partial charge in [0.25, 0.3) is 0 Å². The molecular weight excluding hydrogens is 200 g/mol. The largest absolute Gasteiger partial charge is 0.369 e. The van der Waals surface area contributed by atoms with E-state index in [1.807, 2.05) is 32.0 Å². The van der Waals surface area contributed by atoms with Gasteiger partial charge in [-0.25, -0.2) is 10.8 Å². The third-order valence-electron chi connectivity index (χ3n) is 2.44. The van der Waals surface area contributed by atoms with E-state index >= 15 is 0 Å². The Labute approximate surface area is 96.7 Å². The van der Waals surface area contributed by atoms with Gasteiger partial charge in [0.2, 0.25) is 5.96 Å². The fraction of sp³-hybridized carbons (Fsp3) is 0.417. The van der Waals surface area contributed by atoms with Crippen LogP contribution in [0.3, 0.4) is 0 Å². The number of hydrogen-bond acceptors (Lipinski definition) is 2. The Balaban J connectivity index is 2.54. The Morgan fingerprint density at radius 2 is 1.94 bits per heavy atom. The van der Waals surface area contributed by atoms with Crippen LogP contribution >= 0.6 is 0 Å². The standard InChI is InChI=1S/C12H20N4/c1-12(2,15-11(13)16-14)9-8-10-6-4-3-5-7-10/h3-7H,8-9,14H2,1-2H3,(H3,13,15,16). The summed E-state index contributed by atoms with van der Waals surface area (Å²) in [4.78, 5) is 4.30. The summed E-state index contributed by atoms with van der Waals surface area (Å²) in [5.74, 6) is 5.46. The molecule has 88 valence electrons. The summed E-state index contributed by atoms with van der Waals surface area (Å²) < 4.78 is 0. The number of nitrogens with one attached hydrogen (secondary N) is 1. The van der Waals surface area contributed by atoms with Crippen molar-refractivity contribution in [2.75, 3.05) is 0 Å². The topological polar surface area (TPSA) is 76.4 Å². The summed E-state index contributed by atoms with van der Waals surface area (Å²) >= 11 is 0. The molecule has 1 rings (SSSR count). The lowest BCUT2D eigenvalue weighted by Gasteiger charge is -2.20. The molecule has 0 spiro atoms. The summed E-state index contributed by atoms with van der Waals surface area (Å²) in [6.07, 6.45) is 1.91. The van der Waals surface area contributed by atoms with Gasteiger partial charge in [-0.15, -0.1) is 0 Å². The van der Waals surface area contributed by atoms with Crippen LogP contribution in [0.25, 0.3) is 0 Å². The number of aryl methyl sites for hydroxylation is 1. The van der Waals surface area contributed by atoms with Gasteiger partial charge in [-0.1, -0.05) is 30.3 Å². The zero-order valence-corrected chi connectivity index (χ0v) is 9.90. The first-order chi connectivity index (χ1) is 7.53. The highest BCUT2D eigenvalue weighted by atomic mass is 15.3. The van der Waals surface area contributed by atoms with Gasteiger partial charge in [-0.3, -0.25) is 5.43 Å². The lowest BCUT2D eigenvalue weighted by Crippen LogP contribution is -2.39. The maximum Gasteiger partial charge on any atom is 0.203 e. The molecule has 0 saturated carbocycles. The minimum atomic E-state index is -0.202. The van der Waals surface area contributed by atoms with E-state index in [2.05, 4.69) is 22.6 Å². The van der Waals surface area contributed by atoms with E-state index in [1.54, 1.807) is 0 Å². The highest BCUT2D eigenvalue weighted by Gasteiger charge is 2.16. The van der Waals surface area contributed by atoms with Crippen LogP contribution in [0.15, 0.2) is 35.3 Å². The van der Waals surface area contributed by atoms with Crippen molar-refractivity contribution < 1.29 is 0 Å². The van der Waals surface area contributed by atoms with Gasteiger partial charge in [-0.05, 0) is 32.3 Å². The van der Waals surface area contributed by atoms with Crippen molar-refractivity contribution in [3.05, 3.63) is 35.9 Å². The Morgan fingerprint density at radius 3 is 2.50 bits per heavy atom. The zero-order valence-electron chi connectivity index (χ0n) is 9.90. The molecule has 0 saturated heterocycles. The van der Waals surface area contributed by atoms with E-state index in [4.69, 9.17) is 11.6 Å². The molecule has 0 unspecified atom stereocenters. The van der Waals surface area contributed by atoms with E-state index in [0.717, 1.165) is 12.8 Å². The van der Waals surface area contributed by atoms with Crippen LogP contribution in [0.1, 0.15) is 25.8 Å². The Hall–Kier alpha value is -1.55. The highest BCUT2D eigenvalue weighted by Crippen LogP contribution is 2.17. The highest BCUT2D eigenvalue weighted by molar-refractivity contribution is 5.77. The van der Waals surface area contributed by atoms with E-state index in [9.17, 15) is 0 Å². The number of nitrogens with two attached hydrogens (primary N) is 2. The molecule has 4 nitrogen and oxygen atoms in total. The molecule has 0 fully saturated rings. The number of rotatable bonds is 4. The first-order valence-electron chi connectivity index (χ1n) is 5.39. The normalized spacial score (nSPS) is 12.6. The summed E-state index contributed by atoms with van der Waals surface area (Å²) in [6, 6.07) is 10.3. The van der Waals surface area contributed by atoms with E-state index in [1.165, 1.54) is 5.56 Å². The summed E-state index contributed by atoms with van der Waals surface area (Å²) in [6.45, 7) is 4.08. The van der Waals surface area contributed by atoms with Gasteiger partial charge in [0.05, 0.1) is 5.54 Å². The average molecular weight is 220 g/mol. The molecule has 0 bridgehead atoms. The second-order valence-corrected chi connectivity index (χ2v) is 4.44. The van der Waals surface area contributed by atoms with E-state index in [0.29, 0.717) is 0 Å². The summed E-state index contributed by atoms with van der Waals surface area (Å²) in [5, 5.41) is 0. The van der Waals surface area contributed by atoms with Gasteiger partial charge in [0.15, 0.2) is 0 Å². The van der Waals surface area contributed by atoms with E-state index in [-0.39, 0.29) is 11.5 Å². The molecule has 0 aliphatic carbocycles. The molecule has 0 amide bonds. The molecule has 0 aliphatic heterocycles. The van der Waals surface area contributed by atoms with Gasteiger partial charge in [0.1, 0.15) is 0 Å². The predicted molar refractivity (Wildman–Crippen MR) is 67.8 cm³/mol. The van der Waals surface area contributed by atoms with E-state index < -0.39 is 0 Å². The molecular formula is C12H20N4. The van der Waals surface area contributed by atoms with Crippen LogP contribution in [0.2, 0.25) is 0 Å². The quantitative estimate of drug-likeness (QED) is 0.308. The Morgan fingerprint density at radius 1 is 1.31 bits per heavy atom. The molecule has 0 aromatic heterocycles. The van der Waals surface area contributed by atoms with Crippen LogP contribution in [0.5, 0.6) is 0 Å². The van der Waals surface area contributed by atoms with Crippen molar-refractivity contribution in [2.24, 2.45) is 16.6 Å². The molecule has 0 atom stereocenters. The summed E-state index contributed by atoms with van der Waals surface area (Å²) in [5.41, 5.74) is 9.00. The smallest absolute Gasteiger partial charge is 0.203 e. The summed E-state index contributed by atoms with van der Waals surface area (Å²) in [7, 11) is 0. The average Bonchev–Trinajstić information content (AvgIpc) is 2.27. The minimum absolute atomic E-state index is 0.202. The molecule has 4 heteroatoms. The van der Waals surface area contributed by atoms with Gasteiger partial charge in [-0.2, -0.15) is 0 Å². The van der Waals surface area contributed by atoms with Crippen LogP contribution in [0.4, 0.5) is 0 Å². The van der Waals surface area contributed by atoms with Crippen molar-refractivity contribution in [2.45, 2.75) is 32.2 Å². The predicted octanol–water partition coefficient (Wildman–Crippen LogP) is 1.18. The molecule has 0 aliphatic rings. The van der Waals surface area contributed by atoms with Crippen molar-refractivity contribution in [1.82, 2.24) is 5.43 Å². The maximum absolute atomic E-state index is 5.54. The lowest BCUT2D eigenvalue weighted by molar-refractivity contribution is 0.477.